The fourth-order valence-corrected chi connectivity index (χ4v) is 5.59. The predicted octanol–water partition coefficient (Wildman–Crippen LogP) is 4.97. The van der Waals surface area contributed by atoms with Crippen LogP contribution in [-0.2, 0) is 14.3 Å². The third-order valence-electron chi connectivity index (χ3n) is 6.26. The average molecular weight is 474 g/mol. The number of benzene rings is 2. The summed E-state index contributed by atoms with van der Waals surface area (Å²) >= 11 is 1.50. The molecule has 5 rings (SSSR count). The van der Waals surface area contributed by atoms with Crippen molar-refractivity contribution in [3.63, 3.8) is 0 Å². The van der Waals surface area contributed by atoms with Crippen molar-refractivity contribution in [3.05, 3.63) is 88.5 Å². The van der Waals surface area contributed by atoms with Gasteiger partial charge in [0.15, 0.2) is 5.17 Å². The van der Waals surface area contributed by atoms with Crippen molar-refractivity contribution in [1.82, 2.24) is 9.80 Å². The molecule has 2 aromatic rings. The molecule has 0 spiro atoms. The molecule has 1 fully saturated rings. The number of aliphatic imine (C=N–C) groups is 1. The van der Waals surface area contributed by atoms with Crippen molar-refractivity contribution in [2.75, 3.05) is 19.7 Å². The molecule has 2 aromatic carbocycles. The fraction of sp³-hybridized carbons (Fsp3) is 0.296. The Labute approximate surface area is 204 Å². The van der Waals surface area contributed by atoms with Gasteiger partial charge in [-0.1, -0.05) is 72.4 Å². The lowest BCUT2D eigenvalue weighted by Crippen LogP contribution is -2.38. The number of amidine groups is 1. The monoisotopic (exact) mass is 473 g/mol. The zero-order chi connectivity index (χ0) is 23.5. The number of nitrogens with zero attached hydrogens (tertiary/aromatic N) is 3. The highest BCUT2D eigenvalue weighted by Crippen LogP contribution is 2.47. The van der Waals surface area contributed by atoms with E-state index in [2.05, 4.69) is 0 Å². The lowest BCUT2D eigenvalue weighted by molar-refractivity contribution is -0.139. The van der Waals surface area contributed by atoms with E-state index >= 15 is 0 Å². The minimum atomic E-state index is -0.435. The van der Waals surface area contributed by atoms with E-state index in [1.807, 2.05) is 75.9 Å². The summed E-state index contributed by atoms with van der Waals surface area (Å²) in [6.45, 7) is 3.71. The van der Waals surface area contributed by atoms with Crippen molar-refractivity contribution in [2.45, 2.75) is 32.2 Å². The zero-order valence-electron chi connectivity index (χ0n) is 19.1. The Balaban J connectivity index is 1.61. The van der Waals surface area contributed by atoms with E-state index in [1.165, 1.54) is 11.8 Å². The van der Waals surface area contributed by atoms with Crippen molar-refractivity contribution in [2.24, 2.45) is 4.99 Å². The molecule has 1 atom stereocenters. The van der Waals surface area contributed by atoms with Crippen LogP contribution in [0.25, 0.3) is 5.70 Å². The first-order chi connectivity index (χ1) is 16.7. The van der Waals surface area contributed by atoms with Gasteiger partial charge in [-0.2, -0.15) is 0 Å². The maximum absolute atomic E-state index is 13.4. The number of likely N-dealkylation sites (tertiary alicyclic amines) is 1. The van der Waals surface area contributed by atoms with Crippen molar-refractivity contribution in [3.8, 4) is 0 Å². The van der Waals surface area contributed by atoms with Crippen molar-refractivity contribution >= 4 is 34.5 Å². The number of hydrogen-bond donors (Lipinski definition) is 0. The Kier molecular flexibility index (Phi) is 6.54. The normalized spacial score (nSPS) is 19.6. The Morgan fingerprint density at radius 1 is 1.03 bits per heavy atom. The summed E-state index contributed by atoms with van der Waals surface area (Å²) in [6, 6.07) is 19.2. The molecule has 0 unspecified atom stereocenters. The Morgan fingerprint density at radius 3 is 2.38 bits per heavy atom. The summed E-state index contributed by atoms with van der Waals surface area (Å²) < 4.78 is 5.54. The van der Waals surface area contributed by atoms with Crippen LogP contribution in [0.5, 0.6) is 0 Å². The van der Waals surface area contributed by atoms with Crippen LogP contribution in [0.2, 0.25) is 0 Å². The second kappa shape index (κ2) is 9.89. The molecule has 34 heavy (non-hydrogen) atoms. The average Bonchev–Trinajstić information content (AvgIpc) is 3.55. The van der Waals surface area contributed by atoms with E-state index in [-0.39, 0.29) is 24.9 Å². The van der Waals surface area contributed by atoms with Crippen LogP contribution in [0.3, 0.4) is 0 Å². The van der Waals surface area contributed by atoms with Gasteiger partial charge < -0.3 is 14.5 Å². The summed E-state index contributed by atoms with van der Waals surface area (Å²) in [5, 5.41) is 2.77. The van der Waals surface area contributed by atoms with Crippen LogP contribution in [-0.4, -0.2) is 46.5 Å². The molecule has 6 nitrogen and oxygen atoms in total. The van der Waals surface area contributed by atoms with Gasteiger partial charge in [0, 0.05) is 24.4 Å². The molecule has 0 bridgehead atoms. The van der Waals surface area contributed by atoms with E-state index in [9.17, 15) is 9.59 Å². The number of rotatable bonds is 6. The number of ether oxygens (including phenoxy) is 1. The molecule has 3 heterocycles. The van der Waals surface area contributed by atoms with Gasteiger partial charge in [0.25, 0.3) is 0 Å². The summed E-state index contributed by atoms with van der Waals surface area (Å²) in [6.07, 6.45) is 2.39. The first kappa shape index (κ1) is 22.5. The van der Waals surface area contributed by atoms with Crippen LogP contribution in [0.15, 0.2) is 82.3 Å². The summed E-state index contributed by atoms with van der Waals surface area (Å²) in [5.74, 6) is -0.270. The molecule has 0 radical (unpaired) electrons. The number of fused-ring (bicyclic) bond motifs is 1. The molecule has 7 heteroatoms. The molecule has 3 aliphatic rings. The molecule has 0 aromatic heterocycles. The van der Waals surface area contributed by atoms with Crippen LogP contribution >= 0.6 is 11.8 Å². The molecule has 0 N–H and O–H groups in total. The first-order valence-corrected chi connectivity index (χ1v) is 12.6. The van der Waals surface area contributed by atoms with Gasteiger partial charge >= 0.3 is 5.97 Å². The maximum atomic E-state index is 13.4. The fourth-order valence-electron chi connectivity index (χ4n) is 4.67. The highest BCUT2D eigenvalue weighted by Gasteiger charge is 2.42. The van der Waals surface area contributed by atoms with E-state index in [0.29, 0.717) is 11.3 Å². The number of hydrogen-bond acceptors (Lipinski definition) is 6. The maximum Gasteiger partial charge on any atom is 0.338 e. The van der Waals surface area contributed by atoms with E-state index < -0.39 is 6.04 Å². The Morgan fingerprint density at radius 2 is 1.71 bits per heavy atom. The molecule has 1 amide bonds. The van der Waals surface area contributed by atoms with Gasteiger partial charge in [-0.25, -0.2) is 9.79 Å². The van der Waals surface area contributed by atoms with Gasteiger partial charge in [-0.05, 0) is 30.7 Å². The third-order valence-corrected chi connectivity index (χ3v) is 7.15. The predicted molar refractivity (Wildman–Crippen MR) is 135 cm³/mol. The Hall–Kier alpha value is -3.32. The van der Waals surface area contributed by atoms with Crippen LogP contribution in [0.4, 0.5) is 0 Å². The topological polar surface area (TPSA) is 62.2 Å². The van der Waals surface area contributed by atoms with Gasteiger partial charge in [0.05, 0.1) is 30.3 Å². The lowest BCUT2D eigenvalue weighted by Gasteiger charge is -2.37. The van der Waals surface area contributed by atoms with Crippen LogP contribution < -0.4 is 0 Å². The molecule has 3 aliphatic heterocycles. The molecule has 1 saturated heterocycles. The van der Waals surface area contributed by atoms with Crippen molar-refractivity contribution < 1.29 is 14.3 Å². The highest BCUT2D eigenvalue weighted by molar-refractivity contribution is 8.16. The second-order valence-electron chi connectivity index (χ2n) is 8.42. The third kappa shape index (κ3) is 4.28. The minimum absolute atomic E-state index is 0.118. The number of carbonyl (C=O) groups is 2. The van der Waals surface area contributed by atoms with Gasteiger partial charge in [-0.3, -0.25) is 4.79 Å². The van der Waals surface area contributed by atoms with E-state index in [4.69, 9.17) is 9.73 Å². The lowest BCUT2D eigenvalue weighted by atomic mass is 9.91. The zero-order valence-corrected chi connectivity index (χ0v) is 20.0. The number of carbonyl (C=O) groups excluding carboxylic acids is 2. The Bertz CT molecular complexity index is 1170. The van der Waals surface area contributed by atoms with Crippen LogP contribution in [0, 0.1) is 0 Å². The molecular weight excluding hydrogens is 446 g/mol. The van der Waals surface area contributed by atoms with Gasteiger partial charge in [0.1, 0.15) is 0 Å². The number of esters is 1. The highest BCUT2D eigenvalue weighted by atomic mass is 32.2. The first-order valence-electron chi connectivity index (χ1n) is 11.7. The molecule has 0 aliphatic carbocycles. The standard InChI is InChI=1S/C27H27N3O3S/c1-2-33-26(32)23-24(19-11-5-3-6-12-19)28-27-30(25(23)20-13-7-4-8-14-20)21(18-34-27)17-22(31)29-15-9-10-16-29/h3-8,11-14,18,25H,2,9-10,15-17H2,1H3/t25-/m0/s1. The molecule has 174 valence electrons. The second-order valence-corrected chi connectivity index (χ2v) is 9.25. The SMILES string of the molecule is CCOC(=O)C1=C(c2ccccc2)N=C2SC=C(CC(=O)N3CCCC3)N2[C@H]1c1ccccc1. The van der Waals surface area contributed by atoms with E-state index in [0.717, 1.165) is 47.9 Å². The summed E-state index contributed by atoms with van der Waals surface area (Å²) in [7, 11) is 0. The molecule has 0 saturated carbocycles. The number of thioether (sulfide) groups is 1. The van der Waals surface area contributed by atoms with Crippen LogP contribution in [0.1, 0.15) is 43.4 Å². The summed E-state index contributed by atoms with van der Waals surface area (Å²) in [4.78, 5) is 35.4. The largest absolute Gasteiger partial charge is 0.463 e. The quantitative estimate of drug-likeness (QED) is 0.554. The van der Waals surface area contributed by atoms with Gasteiger partial charge in [-0.15, -0.1) is 0 Å². The van der Waals surface area contributed by atoms with E-state index in [1.54, 1.807) is 6.92 Å². The number of amides is 1. The summed E-state index contributed by atoms with van der Waals surface area (Å²) in [5.41, 5.74) is 3.79. The minimum Gasteiger partial charge on any atom is -0.463 e. The van der Waals surface area contributed by atoms with Gasteiger partial charge in [0.2, 0.25) is 5.91 Å². The smallest absolute Gasteiger partial charge is 0.338 e. The molecular formula is C27H27N3O3S. The van der Waals surface area contributed by atoms with Crippen molar-refractivity contribution in [1.29, 1.82) is 0 Å².